The van der Waals surface area contributed by atoms with Gasteiger partial charge in [-0.15, -0.1) is 0 Å². The number of aromatic nitrogens is 1. The van der Waals surface area contributed by atoms with Crippen LogP contribution >= 0.6 is 0 Å². The maximum Gasteiger partial charge on any atom is 0.290 e. The predicted molar refractivity (Wildman–Crippen MR) is 174 cm³/mol. The quantitative estimate of drug-likeness (QED) is 0.206. The molecule has 2 aliphatic heterocycles. The number of halogens is 1. The molecule has 238 valence electrons. The smallest absolute Gasteiger partial charge is 0.290 e. The third kappa shape index (κ3) is 6.59. The molecule has 0 bridgehead atoms. The number of hydrogen-bond acceptors (Lipinski definition) is 6. The van der Waals surface area contributed by atoms with Crippen LogP contribution in [0.2, 0.25) is 0 Å². The predicted octanol–water partition coefficient (Wildman–Crippen LogP) is 8.33. The van der Waals surface area contributed by atoms with E-state index in [1.54, 1.807) is 36.1 Å². The van der Waals surface area contributed by atoms with Gasteiger partial charge in [0, 0.05) is 42.6 Å². The van der Waals surface area contributed by atoms with Crippen molar-refractivity contribution in [3.63, 3.8) is 0 Å². The van der Waals surface area contributed by atoms with Gasteiger partial charge >= 0.3 is 0 Å². The number of carbonyl (C=O) groups is 2. The molecule has 2 atom stereocenters. The van der Waals surface area contributed by atoms with Crippen molar-refractivity contribution < 1.29 is 27.9 Å². The molecule has 0 N–H and O–H groups in total. The summed E-state index contributed by atoms with van der Waals surface area (Å²) < 4.78 is 32.1. The summed E-state index contributed by atoms with van der Waals surface area (Å²) in [6.07, 6.45) is 5.81. The first-order valence-electron chi connectivity index (χ1n) is 15.8. The molecule has 0 aliphatic carbocycles. The van der Waals surface area contributed by atoms with Gasteiger partial charge in [0.25, 0.3) is 5.91 Å². The zero-order chi connectivity index (χ0) is 32.6. The molecule has 1 amide bonds. The number of carbonyl (C=O) groups excluding carboxylic acids is 2. The van der Waals surface area contributed by atoms with Gasteiger partial charge < -0.3 is 18.8 Å². The van der Waals surface area contributed by atoms with Crippen molar-refractivity contribution in [3.8, 4) is 22.4 Å². The molecule has 4 aromatic rings. The first-order valence-corrected chi connectivity index (χ1v) is 15.8. The van der Waals surface area contributed by atoms with E-state index in [-0.39, 0.29) is 47.9 Å². The van der Waals surface area contributed by atoms with Crippen LogP contribution in [0, 0.1) is 5.82 Å². The Balaban J connectivity index is 1.55. The van der Waals surface area contributed by atoms with Crippen LogP contribution in [0.3, 0.4) is 0 Å². The third-order valence-corrected chi connectivity index (χ3v) is 8.42. The van der Waals surface area contributed by atoms with Crippen molar-refractivity contribution in [2.24, 2.45) is 0 Å². The van der Waals surface area contributed by atoms with E-state index < -0.39 is 5.79 Å². The highest BCUT2D eigenvalue weighted by molar-refractivity contribution is 5.93. The number of Topliss-reactive ketones (excluding diaryl/α,β-unsaturated/α-hetero) is 1. The van der Waals surface area contributed by atoms with E-state index in [1.165, 1.54) is 18.4 Å². The monoisotopic (exact) mass is 622 g/mol. The highest BCUT2D eigenvalue weighted by atomic mass is 19.1. The molecular formula is C38H39FN2O5. The number of benzene rings is 2. The second-order valence-electron chi connectivity index (χ2n) is 12.9. The second kappa shape index (κ2) is 12.8. The molecule has 8 heteroatoms. The normalized spacial score (nSPS) is 19.2. The van der Waals surface area contributed by atoms with Gasteiger partial charge in [-0.05, 0) is 67.6 Å². The lowest BCUT2D eigenvalue weighted by atomic mass is 9.87. The maximum atomic E-state index is 14.3. The summed E-state index contributed by atoms with van der Waals surface area (Å²) in [7, 11) is 0. The Bertz CT molecular complexity index is 1780. The summed E-state index contributed by atoms with van der Waals surface area (Å²) in [4.78, 5) is 32.8. The molecule has 0 radical (unpaired) electrons. The maximum absolute atomic E-state index is 14.3. The minimum Gasteiger partial charge on any atom is -0.459 e. The van der Waals surface area contributed by atoms with E-state index in [0.717, 1.165) is 44.8 Å². The molecule has 46 heavy (non-hydrogen) atoms. The van der Waals surface area contributed by atoms with Crippen LogP contribution in [-0.4, -0.2) is 39.6 Å². The molecule has 0 spiro atoms. The van der Waals surface area contributed by atoms with Crippen molar-refractivity contribution in [1.82, 2.24) is 9.88 Å². The van der Waals surface area contributed by atoms with E-state index in [4.69, 9.17) is 18.9 Å². The first-order chi connectivity index (χ1) is 22.0. The van der Waals surface area contributed by atoms with Crippen molar-refractivity contribution in [3.05, 3.63) is 107 Å². The Labute approximate surface area is 269 Å². The molecule has 6 rings (SSSR count). The van der Waals surface area contributed by atoms with Gasteiger partial charge in [-0.2, -0.15) is 0 Å². The molecule has 2 aliphatic rings. The molecular weight excluding hydrogens is 583 g/mol. The highest BCUT2D eigenvalue weighted by Crippen LogP contribution is 2.42. The molecule has 4 heterocycles. The first kappa shape index (κ1) is 31.6. The average molecular weight is 623 g/mol. The van der Waals surface area contributed by atoms with Crippen molar-refractivity contribution >= 4 is 17.8 Å². The SMILES string of the molecule is CC(=O)C[C@H]1C[C@@H](/C=C/c2c(C(C)C)nc3c(c2-c2ccc(F)cc2)CN(C(=O)c2ccco2)Cc2ccccc2-3)OC(C)(C)O1. The number of rotatable bonds is 7. The van der Waals surface area contributed by atoms with Crippen LogP contribution in [-0.2, 0) is 27.4 Å². The molecule has 1 fully saturated rings. The largest absolute Gasteiger partial charge is 0.459 e. The van der Waals surface area contributed by atoms with Crippen molar-refractivity contribution in [2.45, 2.75) is 84.5 Å². The van der Waals surface area contributed by atoms with Gasteiger partial charge in [-0.3, -0.25) is 14.6 Å². The van der Waals surface area contributed by atoms with Crippen LogP contribution in [0.1, 0.15) is 86.3 Å². The number of ketones is 1. The number of furan rings is 1. The Morgan fingerprint density at radius 2 is 1.80 bits per heavy atom. The summed E-state index contributed by atoms with van der Waals surface area (Å²) in [5, 5.41) is 0. The van der Waals surface area contributed by atoms with Crippen LogP contribution < -0.4 is 0 Å². The minimum absolute atomic E-state index is 0.0397. The number of pyridine rings is 1. The van der Waals surface area contributed by atoms with Crippen molar-refractivity contribution in [2.75, 3.05) is 0 Å². The number of ether oxygens (including phenoxy) is 2. The summed E-state index contributed by atoms with van der Waals surface area (Å²) in [5.74, 6) is -1.06. The Kier molecular flexibility index (Phi) is 8.77. The van der Waals surface area contributed by atoms with Gasteiger partial charge in [0.15, 0.2) is 11.5 Å². The molecule has 0 unspecified atom stereocenters. The van der Waals surface area contributed by atoms with Gasteiger partial charge in [0.05, 0.1) is 29.9 Å². The van der Waals surface area contributed by atoms with Crippen molar-refractivity contribution in [1.29, 1.82) is 0 Å². The molecule has 2 aromatic carbocycles. The van der Waals surface area contributed by atoms with E-state index in [1.807, 2.05) is 50.3 Å². The second-order valence-corrected chi connectivity index (χ2v) is 12.9. The van der Waals surface area contributed by atoms with Gasteiger partial charge in [0.1, 0.15) is 11.6 Å². The minimum atomic E-state index is -0.865. The van der Waals surface area contributed by atoms with Crippen LogP contribution in [0.25, 0.3) is 28.5 Å². The topological polar surface area (TPSA) is 81.9 Å². The van der Waals surface area contributed by atoms with E-state index >= 15 is 0 Å². The fraction of sp³-hybridized carbons (Fsp3) is 0.342. The number of amides is 1. The Morgan fingerprint density at radius 3 is 2.50 bits per heavy atom. The fourth-order valence-corrected chi connectivity index (χ4v) is 6.55. The summed E-state index contributed by atoms with van der Waals surface area (Å²) in [6, 6.07) is 17.9. The zero-order valence-corrected chi connectivity index (χ0v) is 26.9. The Hall–Kier alpha value is -4.40. The average Bonchev–Trinajstić information content (AvgIpc) is 3.48. The van der Waals surface area contributed by atoms with E-state index in [9.17, 15) is 14.0 Å². The fourth-order valence-electron chi connectivity index (χ4n) is 6.55. The zero-order valence-electron chi connectivity index (χ0n) is 26.9. The molecule has 7 nitrogen and oxygen atoms in total. The van der Waals surface area contributed by atoms with Crippen LogP contribution in [0.5, 0.6) is 0 Å². The summed E-state index contributed by atoms with van der Waals surface area (Å²) in [5.41, 5.74) is 7.04. The van der Waals surface area contributed by atoms with E-state index in [2.05, 4.69) is 13.8 Å². The van der Waals surface area contributed by atoms with Gasteiger partial charge in [0.2, 0.25) is 0 Å². The molecule has 0 saturated carbocycles. The molecule has 2 aromatic heterocycles. The number of nitrogens with zero attached hydrogens (tertiary/aromatic N) is 2. The molecule has 1 saturated heterocycles. The van der Waals surface area contributed by atoms with Crippen LogP contribution in [0.4, 0.5) is 4.39 Å². The van der Waals surface area contributed by atoms with Gasteiger partial charge in [-0.25, -0.2) is 4.39 Å². The lowest BCUT2D eigenvalue weighted by Gasteiger charge is -2.39. The summed E-state index contributed by atoms with van der Waals surface area (Å²) in [6.45, 7) is 10.1. The number of fused-ring (bicyclic) bond motifs is 3. The third-order valence-electron chi connectivity index (χ3n) is 8.42. The van der Waals surface area contributed by atoms with E-state index in [0.29, 0.717) is 19.4 Å². The standard InChI is InChI=1S/C38H39FN2O5/c1-23(2)35-31(17-16-28-20-29(19-24(3)42)46-38(4,5)45-28)34(25-12-14-27(39)15-13-25)32-22-41(37(43)33-11-8-18-44-33)21-26-9-6-7-10-30(26)36(32)40-35/h6-18,23,28-29H,19-22H2,1-5H3/b17-16+/t28-,29+/m1/s1. The van der Waals surface area contributed by atoms with Gasteiger partial charge in [-0.1, -0.05) is 62.4 Å². The summed E-state index contributed by atoms with van der Waals surface area (Å²) >= 11 is 0. The Morgan fingerprint density at radius 1 is 1.04 bits per heavy atom. The highest BCUT2D eigenvalue weighted by Gasteiger charge is 2.35. The number of hydrogen-bond donors (Lipinski definition) is 0. The lowest BCUT2D eigenvalue weighted by Crippen LogP contribution is -2.44. The lowest BCUT2D eigenvalue weighted by molar-refractivity contribution is -0.289. The van der Waals surface area contributed by atoms with Crippen LogP contribution in [0.15, 0.2) is 77.4 Å².